The van der Waals surface area contributed by atoms with Crippen LogP contribution in [-0.4, -0.2) is 20.6 Å². The Morgan fingerprint density at radius 3 is 2.29 bits per heavy atom. The number of sulfonamides is 1. The minimum Gasteiger partial charge on any atom is -0.345 e. The lowest BCUT2D eigenvalue weighted by Crippen LogP contribution is -2.27. The Morgan fingerprint density at radius 1 is 1.08 bits per heavy atom. The first-order chi connectivity index (χ1) is 11.3. The second kappa shape index (κ2) is 7.49. The third-order valence-corrected chi connectivity index (χ3v) is 4.29. The molecule has 24 heavy (non-hydrogen) atoms. The molecule has 0 fully saturated rings. The molecule has 2 N–H and O–H groups in total. The first-order valence-electron chi connectivity index (χ1n) is 7.76. The summed E-state index contributed by atoms with van der Waals surface area (Å²) in [6, 6.07) is 14.1. The summed E-state index contributed by atoms with van der Waals surface area (Å²) in [6.45, 7) is 3.88. The summed E-state index contributed by atoms with van der Waals surface area (Å²) >= 11 is 0. The molecule has 6 heteroatoms. The maximum atomic E-state index is 12.4. The second-order valence-electron chi connectivity index (χ2n) is 5.71. The van der Waals surface area contributed by atoms with Crippen LogP contribution in [0.5, 0.6) is 0 Å². The summed E-state index contributed by atoms with van der Waals surface area (Å²) in [4.78, 5) is 12.4. The van der Waals surface area contributed by atoms with Crippen molar-refractivity contribution >= 4 is 21.6 Å². The highest BCUT2D eigenvalue weighted by molar-refractivity contribution is 7.92. The van der Waals surface area contributed by atoms with E-state index in [-0.39, 0.29) is 11.9 Å². The Balaban J connectivity index is 2.17. The molecule has 0 saturated heterocycles. The van der Waals surface area contributed by atoms with Gasteiger partial charge in [0, 0.05) is 5.56 Å². The van der Waals surface area contributed by atoms with E-state index in [2.05, 4.69) is 17.0 Å². The fourth-order valence-electron chi connectivity index (χ4n) is 2.42. The third-order valence-electron chi connectivity index (χ3n) is 3.69. The van der Waals surface area contributed by atoms with Crippen molar-refractivity contribution in [3.05, 3.63) is 65.2 Å². The van der Waals surface area contributed by atoms with Gasteiger partial charge in [-0.1, -0.05) is 37.3 Å². The predicted octanol–water partition coefficient (Wildman–Crippen LogP) is 3.11. The highest BCUT2D eigenvalue weighted by atomic mass is 32.2. The number of carbonyl (C=O) groups is 1. The molecule has 0 heterocycles. The average molecular weight is 346 g/mol. The van der Waals surface area contributed by atoms with E-state index in [1.54, 1.807) is 30.3 Å². The van der Waals surface area contributed by atoms with E-state index in [4.69, 9.17) is 0 Å². The number of anilines is 1. The monoisotopic (exact) mass is 346 g/mol. The average Bonchev–Trinajstić information content (AvgIpc) is 2.53. The predicted molar refractivity (Wildman–Crippen MR) is 96.6 cm³/mol. The molecule has 2 aromatic rings. The highest BCUT2D eigenvalue weighted by Crippen LogP contribution is 2.23. The van der Waals surface area contributed by atoms with E-state index in [0.717, 1.165) is 12.7 Å². The van der Waals surface area contributed by atoms with E-state index in [1.807, 2.05) is 25.1 Å². The van der Waals surface area contributed by atoms with E-state index in [1.165, 1.54) is 5.56 Å². The molecule has 2 aromatic carbocycles. The molecule has 0 bridgehead atoms. The molecule has 0 aromatic heterocycles. The van der Waals surface area contributed by atoms with Crippen molar-refractivity contribution in [2.24, 2.45) is 0 Å². The largest absolute Gasteiger partial charge is 0.345 e. The lowest BCUT2D eigenvalue weighted by molar-refractivity contribution is 0.0940. The van der Waals surface area contributed by atoms with Crippen molar-refractivity contribution in [2.45, 2.75) is 26.3 Å². The molecule has 0 radical (unpaired) electrons. The molecule has 0 aliphatic rings. The summed E-state index contributed by atoms with van der Waals surface area (Å²) in [5.74, 6) is -0.195. The number of rotatable bonds is 6. The van der Waals surface area contributed by atoms with E-state index < -0.39 is 10.0 Å². The van der Waals surface area contributed by atoms with Gasteiger partial charge in [0.1, 0.15) is 0 Å². The van der Waals surface area contributed by atoms with Crippen LogP contribution in [0.4, 0.5) is 5.69 Å². The molecule has 1 unspecified atom stereocenters. The lowest BCUT2D eigenvalue weighted by Gasteiger charge is -2.18. The van der Waals surface area contributed by atoms with Crippen LogP contribution in [0.25, 0.3) is 0 Å². The summed E-state index contributed by atoms with van der Waals surface area (Å²) in [5.41, 5.74) is 2.92. The standard InChI is InChI=1S/C18H22N2O3S/c1-4-14-9-11-15(12-10-14)18(21)19-13(2)16-7-5-6-8-17(16)20-24(3,22)23/h5-13,20H,4H2,1-3H3,(H,19,21). The SMILES string of the molecule is CCc1ccc(C(=O)NC(C)c2ccccc2NS(C)(=O)=O)cc1. The molecule has 2 rings (SSSR count). The number of para-hydroxylation sites is 1. The van der Waals surface area contributed by atoms with Gasteiger partial charge in [0.15, 0.2) is 0 Å². The summed E-state index contributed by atoms with van der Waals surface area (Å²) in [6.07, 6.45) is 2.02. The number of benzene rings is 2. The second-order valence-corrected chi connectivity index (χ2v) is 7.46. The molecule has 1 atom stereocenters. The smallest absolute Gasteiger partial charge is 0.251 e. The first-order valence-corrected chi connectivity index (χ1v) is 9.66. The molecule has 0 saturated carbocycles. The van der Waals surface area contributed by atoms with E-state index in [9.17, 15) is 13.2 Å². The molecule has 128 valence electrons. The van der Waals surface area contributed by atoms with Crippen LogP contribution < -0.4 is 10.0 Å². The van der Waals surface area contributed by atoms with Crippen LogP contribution >= 0.6 is 0 Å². The van der Waals surface area contributed by atoms with Crippen LogP contribution in [0.15, 0.2) is 48.5 Å². The van der Waals surface area contributed by atoms with Crippen LogP contribution in [0.2, 0.25) is 0 Å². The fourth-order valence-corrected chi connectivity index (χ4v) is 3.00. The number of hydrogen-bond acceptors (Lipinski definition) is 3. The fraction of sp³-hybridized carbons (Fsp3) is 0.278. The Labute approximate surface area is 143 Å². The van der Waals surface area contributed by atoms with Gasteiger partial charge in [-0.25, -0.2) is 8.42 Å². The zero-order chi connectivity index (χ0) is 17.7. The Bertz CT molecular complexity index is 814. The van der Waals surface area contributed by atoms with Crippen molar-refractivity contribution in [1.29, 1.82) is 0 Å². The number of hydrogen-bond donors (Lipinski definition) is 2. The highest BCUT2D eigenvalue weighted by Gasteiger charge is 2.16. The molecular formula is C18H22N2O3S. The van der Waals surface area contributed by atoms with Crippen molar-refractivity contribution in [2.75, 3.05) is 11.0 Å². The molecule has 1 amide bonds. The zero-order valence-corrected chi connectivity index (χ0v) is 14.9. The number of nitrogens with one attached hydrogen (secondary N) is 2. The Morgan fingerprint density at radius 2 is 1.71 bits per heavy atom. The summed E-state index contributed by atoms with van der Waals surface area (Å²) in [7, 11) is -3.38. The van der Waals surface area contributed by atoms with Gasteiger partial charge in [0.05, 0.1) is 18.0 Å². The molecule has 0 aliphatic heterocycles. The third kappa shape index (κ3) is 4.83. The minimum atomic E-state index is -3.38. The van der Waals surface area contributed by atoms with Crippen molar-refractivity contribution < 1.29 is 13.2 Å². The first kappa shape index (κ1) is 18.0. The number of amides is 1. The normalized spacial score (nSPS) is 12.5. The van der Waals surface area contributed by atoms with Gasteiger partial charge < -0.3 is 5.32 Å². The summed E-state index contributed by atoms with van der Waals surface area (Å²) < 4.78 is 25.4. The van der Waals surface area contributed by atoms with Crippen LogP contribution in [0, 0.1) is 0 Å². The maximum absolute atomic E-state index is 12.4. The minimum absolute atomic E-state index is 0.195. The van der Waals surface area contributed by atoms with E-state index >= 15 is 0 Å². The van der Waals surface area contributed by atoms with Crippen LogP contribution in [-0.2, 0) is 16.4 Å². The number of aryl methyl sites for hydroxylation is 1. The Kier molecular flexibility index (Phi) is 5.62. The lowest BCUT2D eigenvalue weighted by atomic mass is 10.1. The maximum Gasteiger partial charge on any atom is 0.251 e. The van der Waals surface area contributed by atoms with Gasteiger partial charge in [-0.05, 0) is 42.7 Å². The summed E-state index contributed by atoms with van der Waals surface area (Å²) in [5, 5.41) is 2.90. The van der Waals surface area contributed by atoms with E-state index in [0.29, 0.717) is 16.8 Å². The van der Waals surface area contributed by atoms with Crippen molar-refractivity contribution in [1.82, 2.24) is 5.32 Å². The van der Waals surface area contributed by atoms with Crippen molar-refractivity contribution in [3.63, 3.8) is 0 Å². The van der Waals surface area contributed by atoms with Gasteiger partial charge >= 0.3 is 0 Å². The molecule has 5 nitrogen and oxygen atoms in total. The topological polar surface area (TPSA) is 75.3 Å². The van der Waals surface area contributed by atoms with Crippen LogP contribution in [0.3, 0.4) is 0 Å². The Hall–Kier alpha value is -2.34. The van der Waals surface area contributed by atoms with Gasteiger partial charge in [0.25, 0.3) is 5.91 Å². The molecule has 0 aliphatic carbocycles. The van der Waals surface area contributed by atoms with Gasteiger partial charge in [0.2, 0.25) is 10.0 Å². The van der Waals surface area contributed by atoms with Gasteiger partial charge in [-0.2, -0.15) is 0 Å². The molecular weight excluding hydrogens is 324 g/mol. The molecule has 0 spiro atoms. The van der Waals surface area contributed by atoms with Crippen LogP contribution in [0.1, 0.15) is 41.4 Å². The van der Waals surface area contributed by atoms with Crippen molar-refractivity contribution in [3.8, 4) is 0 Å². The van der Waals surface area contributed by atoms with Gasteiger partial charge in [-0.15, -0.1) is 0 Å². The number of carbonyl (C=O) groups excluding carboxylic acids is 1. The van der Waals surface area contributed by atoms with Gasteiger partial charge in [-0.3, -0.25) is 9.52 Å². The zero-order valence-electron chi connectivity index (χ0n) is 14.0. The quantitative estimate of drug-likeness (QED) is 0.844.